The van der Waals surface area contributed by atoms with Crippen LogP contribution in [0, 0.1) is 0 Å². The lowest BCUT2D eigenvalue weighted by Gasteiger charge is -2.16. The lowest BCUT2D eigenvalue weighted by Crippen LogP contribution is -2.23. The summed E-state index contributed by atoms with van der Waals surface area (Å²) in [4.78, 5) is 18.0. The van der Waals surface area contributed by atoms with Crippen molar-refractivity contribution in [3.05, 3.63) is 57.7 Å². The maximum atomic E-state index is 13.2. The van der Waals surface area contributed by atoms with Gasteiger partial charge >= 0.3 is 0 Å². The third-order valence-electron chi connectivity index (χ3n) is 4.85. The molecule has 0 aliphatic heterocycles. The summed E-state index contributed by atoms with van der Waals surface area (Å²) in [6.07, 6.45) is 0. The van der Waals surface area contributed by atoms with Crippen molar-refractivity contribution < 1.29 is 9.90 Å². The highest BCUT2D eigenvalue weighted by Gasteiger charge is 2.27. The first kappa shape index (κ1) is 21.7. The van der Waals surface area contributed by atoms with E-state index in [2.05, 4.69) is 32.6 Å². The van der Waals surface area contributed by atoms with Crippen LogP contribution in [0.2, 0.25) is 0 Å². The molecule has 0 aliphatic carbocycles. The van der Waals surface area contributed by atoms with Crippen molar-refractivity contribution in [1.29, 1.82) is 0 Å². The minimum absolute atomic E-state index is 0.0546. The van der Waals surface area contributed by atoms with Gasteiger partial charge in [-0.05, 0) is 48.2 Å². The molecular formula is C22H26BrN3O2S. The predicted molar refractivity (Wildman–Crippen MR) is 124 cm³/mol. The van der Waals surface area contributed by atoms with Crippen LogP contribution in [0.4, 0.5) is 0 Å². The van der Waals surface area contributed by atoms with Gasteiger partial charge < -0.3 is 19.5 Å². The predicted octanol–water partition coefficient (Wildman–Crippen LogP) is 4.70. The molecule has 0 unspecified atom stereocenters. The fraction of sp³-hybridized carbons (Fsp3) is 0.318. The van der Waals surface area contributed by atoms with Gasteiger partial charge in [0.05, 0.1) is 15.6 Å². The molecule has 1 aromatic heterocycles. The van der Waals surface area contributed by atoms with E-state index in [1.54, 1.807) is 30.8 Å². The summed E-state index contributed by atoms with van der Waals surface area (Å²) in [6.45, 7) is 0.533. The van der Waals surface area contributed by atoms with Crippen LogP contribution >= 0.6 is 27.7 Å². The molecule has 0 atom stereocenters. The van der Waals surface area contributed by atoms with E-state index in [4.69, 9.17) is 0 Å². The Morgan fingerprint density at radius 3 is 2.41 bits per heavy atom. The summed E-state index contributed by atoms with van der Waals surface area (Å²) in [5.41, 5.74) is 3.30. The molecular weight excluding hydrogens is 450 g/mol. The summed E-state index contributed by atoms with van der Waals surface area (Å²) in [7, 11) is 9.42. The van der Waals surface area contributed by atoms with E-state index < -0.39 is 0 Å². The van der Waals surface area contributed by atoms with Crippen LogP contribution < -0.4 is 0 Å². The largest absolute Gasteiger partial charge is 0.506 e. The van der Waals surface area contributed by atoms with Gasteiger partial charge in [0.15, 0.2) is 0 Å². The second-order valence-electron chi connectivity index (χ2n) is 7.50. The topological polar surface area (TPSA) is 48.7 Å². The second kappa shape index (κ2) is 8.81. The number of benzene rings is 2. The summed E-state index contributed by atoms with van der Waals surface area (Å²) in [5, 5.41) is 11.6. The first-order chi connectivity index (χ1) is 13.7. The van der Waals surface area contributed by atoms with E-state index in [0.717, 1.165) is 27.1 Å². The van der Waals surface area contributed by atoms with Gasteiger partial charge in [0.1, 0.15) is 5.75 Å². The van der Waals surface area contributed by atoms with Crippen molar-refractivity contribution in [2.24, 2.45) is 7.05 Å². The number of carbonyl (C=O) groups is 1. The molecule has 0 radical (unpaired) electrons. The SMILES string of the molecule is CN(C)Cc1c(O)c(Br)cc2c1c(C(=O)N(C)C)c(CSc1ccccc1)n2C. The fourth-order valence-corrected chi connectivity index (χ4v) is 4.89. The van der Waals surface area contributed by atoms with Crippen LogP contribution in [0.25, 0.3) is 10.9 Å². The lowest BCUT2D eigenvalue weighted by atomic mass is 10.0. The van der Waals surface area contributed by atoms with Crippen LogP contribution in [-0.2, 0) is 19.3 Å². The van der Waals surface area contributed by atoms with Gasteiger partial charge in [-0.25, -0.2) is 0 Å². The van der Waals surface area contributed by atoms with Crippen molar-refractivity contribution in [3.63, 3.8) is 0 Å². The number of phenols is 1. The standard InChI is InChI=1S/C22H26BrN3O2S/c1-24(2)12-15-19-17(11-16(23)21(15)27)26(5)18(20(19)22(28)25(3)4)13-29-14-9-7-6-8-10-14/h6-11,27H,12-13H2,1-5H3. The second-order valence-corrected chi connectivity index (χ2v) is 9.40. The third-order valence-corrected chi connectivity index (χ3v) is 6.48. The molecule has 2 aromatic carbocycles. The number of amides is 1. The van der Waals surface area contributed by atoms with Gasteiger partial charge in [-0.15, -0.1) is 11.8 Å². The molecule has 29 heavy (non-hydrogen) atoms. The van der Waals surface area contributed by atoms with E-state index in [1.807, 2.05) is 50.3 Å². The van der Waals surface area contributed by atoms with Crippen LogP contribution in [0.15, 0.2) is 45.8 Å². The quantitative estimate of drug-likeness (QED) is 0.524. The molecule has 0 saturated heterocycles. The Balaban J connectivity index is 2.25. The van der Waals surface area contributed by atoms with Crippen LogP contribution in [0.3, 0.4) is 0 Å². The highest BCUT2D eigenvalue weighted by Crippen LogP contribution is 2.41. The molecule has 5 nitrogen and oxygen atoms in total. The van der Waals surface area contributed by atoms with Crippen molar-refractivity contribution >= 4 is 44.5 Å². The summed E-state index contributed by atoms with van der Waals surface area (Å²) in [6, 6.07) is 12.1. The molecule has 154 valence electrons. The van der Waals surface area contributed by atoms with E-state index in [1.165, 1.54) is 0 Å². The Morgan fingerprint density at radius 1 is 1.17 bits per heavy atom. The van der Waals surface area contributed by atoms with Gasteiger partial charge in [-0.3, -0.25) is 4.79 Å². The lowest BCUT2D eigenvalue weighted by molar-refractivity contribution is 0.0828. The Morgan fingerprint density at radius 2 is 1.83 bits per heavy atom. The maximum absolute atomic E-state index is 13.2. The first-order valence-electron chi connectivity index (χ1n) is 9.28. The van der Waals surface area contributed by atoms with E-state index >= 15 is 0 Å². The molecule has 0 spiro atoms. The summed E-state index contributed by atoms with van der Waals surface area (Å²) < 4.78 is 2.71. The highest BCUT2D eigenvalue weighted by atomic mass is 79.9. The molecule has 0 aliphatic rings. The molecule has 7 heteroatoms. The normalized spacial score (nSPS) is 11.4. The molecule has 1 amide bonds. The van der Waals surface area contributed by atoms with Crippen LogP contribution in [0.5, 0.6) is 5.75 Å². The van der Waals surface area contributed by atoms with Gasteiger partial charge in [0.25, 0.3) is 5.91 Å². The molecule has 3 rings (SSSR count). The zero-order valence-electron chi connectivity index (χ0n) is 17.4. The third kappa shape index (κ3) is 4.32. The smallest absolute Gasteiger partial charge is 0.255 e. The molecule has 0 saturated carbocycles. The Labute approximate surface area is 184 Å². The molecule has 0 bridgehead atoms. The Kier molecular flexibility index (Phi) is 6.61. The highest BCUT2D eigenvalue weighted by molar-refractivity contribution is 9.10. The number of hydrogen-bond acceptors (Lipinski definition) is 4. The molecule has 3 aromatic rings. The first-order valence-corrected chi connectivity index (χ1v) is 11.1. The van der Waals surface area contributed by atoms with Crippen molar-refractivity contribution in [2.75, 3.05) is 28.2 Å². The molecule has 0 fully saturated rings. The number of carbonyl (C=O) groups excluding carboxylic acids is 1. The number of aromatic nitrogens is 1. The number of rotatable bonds is 6. The van der Waals surface area contributed by atoms with Crippen molar-refractivity contribution in [3.8, 4) is 5.75 Å². The molecule has 1 heterocycles. The van der Waals surface area contributed by atoms with Gasteiger partial charge in [-0.2, -0.15) is 0 Å². The van der Waals surface area contributed by atoms with Gasteiger partial charge in [0.2, 0.25) is 0 Å². The summed E-state index contributed by atoms with van der Waals surface area (Å²) >= 11 is 5.18. The zero-order chi connectivity index (χ0) is 21.3. The molecule has 1 N–H and O–H groups in total. The number of hydrogen-bond donors (Lipinski definition) is 1. The van der Waals surface area contributed by atoms with E-state index in [0.29, 0.717) is 22.3 Å². The minimum atomic E-state index is -0.0546. The maximum Gasteiger partial charge on any atom is 0.255 e. The van der Waals surface area contributed by atoms with E-state index in [9.17, 15) is 9.90 Å². The van der Waals surface area contributed by atoms with Crippen LogP contribution in [-0.4, -0.2) is 53.6 Å². The number of nitrogens with zero attached hydrogens (tertiary/aromatic N) is 3. The number of thioether (sulfide) groups is 1. The van der Waals surface area contributed by atoms with Gasteiger partial charge in [0, 0.05) is 55.0 Å². The number of phenolic OH excluding ortho intramolecular Hbond substituents is 1. The van der Waals surface area contributed by atoms with Gasteiger partial charge in [-0.1, -0.05) is 18.2 Å². The monoisotopic (exact) mass is 475 g/mol. The van der Waals surface area contributed by atoms with Crippen molar-refractivity contribution in [2.45, 2.75) is 17.2 Å². The fourth-order valence-electron chi connectivity index (χ4n) is 3.44. The number of halogens is 1. The minimum Gasteiger partial charge on any atom is -0.506 e. The Hall–Kier alpha value is -1.96. The average molecular weight is 476 g/mol. The number of aromatic hydroxyl groups is 1. The Bertz CT molecular complexity index is 1050. The zero-order valence-corrected chi connectivity index (χ0v) is 19.8. The van der Waals surface area contributed by atoms with Crippen LogP contribution in [0.1, 0.15) is 21.6 Å². The average Bonchev–Trinajstić information content (AvgIpc) is 2.95. The number of aryl methyl sites for hydroxylation is 1. The van der Waals surface area contributed by atoms with Crippen molar-refractivity contribution in [1.82, 2.24) is 14.4 Å². The number of fused-ring (bicyclic) bond motifs is 1. The summed E-state index contributed by atoms with van der Waals surface area (Å²) in [5.74, 6) is 0.789. The van der Waals surface area contributed by atoms with E-state index in [-0.39, 0.29) is 11.7 Å².